The van der Waals surface area contributed by atoms with E-state index < -0.39 is 0 Å². The lowest BCUT2D eigenvalue weighted by Gasteiger charge is -2.35. The van der Waals surface area contributed by atoms with Crippen LogP contribution in [0.5, 0.6) is 11.5 Å². The van der Waals surface area contributed by atoms with Crippen molar-refractivity contribution in [1.82, 2.24) is 0 Å². The number of ether oxygens (including phenoxy) is 2. The van der Waals surface area contributed by atoms with Crippen molar-refractivity contribution in [3.8, 4) is 11.5 Å². The van der Waals surface area contributed by atoms with Crippen LogP contribution in [0, 0.1) is 0 Å². The summed E-state index contributed by atoms with van der Waals surface area (Å²) in [6, 6.07) is 20.7. The van der Waals surface area contributed by atoms with Gasteiger partial charge < -0.3 is 14.4 Å². The van der Waals surface area contributed by atoms with Crippen molar-refractivity contribution >= 4 is 23.2 Å². The van der Waals surface area contributed by atoms with E-state index in [1.54, 1.807) is 14.2 Å². The van der Waals surface area contributed by atoms with Crippen LogP contribution in [0.15, 0.2) is 60.7 Å². The van der Waals surface area contributed by atoms with Gasteiger partial charge in [0.1, 0.15) is 12.6 Å². The third-order valence-corrected chi connectivity index (χ3v) is 6.09. The van der Waals surface area contributed by atoms with Crippen LogP contribution in [0.4, 0.5) is 0 Å². The molecule has 4 rings (SSSR count). The largest absolute Gasteiger partial charge is 0.493 e. The van der Waals surface area contributed by atoms with Crippen molar-refractivity contribution in [2.24, 2.45) is 0 Å². The highest BCUT2D eigenvalue weighted by molar-refractivity contribution is 6.30. The summed E-state index contributed by atoms with van der Waals surface area (Å²) in [6.07, 6.45) is 0.982. The first-order valence-corrected chi connectivity index (χ1v) is 10.4. The van der Waals surface area contributed by atoms with Gasteiger partial charge in [-0.15, -0.1) is 0 Å². The van der Waals surface area contributed by atoms with Crippen molar-refractivity contribution in [2.45, 2.75) is 19.0 Å². The van der Waals surface area contributed by atoms with Gasteiger partial charge in [-0.25, -0.2) is 0 Å². The van der Waals surface area contributed by atoms with Crippen LogP contribution in [0.25, 0.3) is 0 Å². The van der Waals surface area contributed by atoms with E-state index in [-0.39, 0.29) is 6.04 Å². The number of benzene rings is 3. The van der Waals surface area contributed by atoms with E-state index in [1.165, 1.54) is 27.2 Å². The number of fused-ring (bicyclic) bond motifs is 1. The first-order valence-electron chi connectivity index (χ1n) is 9.68. The molecule has 3 aromatic rings. The minimum atomic E-state index is 0.160. The second kappa shape index (κ2) is 8.66. The first-order chi connectivity index (χ1) is 14.1. The maximum Gasteiger partial charge on any atom is 0.161 e. The fourth-order valence-electron chi connectivity index (χ4n) is 4.24. The summed E-state index contributed by atoms with van der Waals surface area (Å²) in [6.45, 7) is 1.92. The third-order valence-electron chi connectivity index (χ3n) is 5.61. The number of rotatable bonds is 5. The Kier molecular flexibility index (Phi) is 6.00. The minimum Gasteiger partial charge on any atom is -0.493 e. The molecule has 150 valence electrons. The second-order valence-corrected chi connectivity index (χ2v) is 8.23. The van der Waals surface area contributed by atoms with Gasteiger partial charge in [0.25, 0.3) is 0 Å². The molecule has 1 aliphatic rings. The van der Waals surface area contributed by atoms with E-state index in [0.717, 1.165) is 41.1 Å². The first kappa shape index (κ1) is 20.1. The lowest BCUT2D eigenvalue weighted by Crippen LogP contribution is -3.12. The van der Waals surface area contributed by atoms with Crippen LogP contribution >= 0.6 is 23.2 Å². The minimum absolute atomic E-state index is 0.160. The van der Waals surface area contributed by atoms with Crippen molar-refractivity contribution in [3.63, 3.8) is 0 Å². The van der Waals surface area contributed by atoms with Crippen LogP contribution in [-0.4, -0.2) is 20.8 Å². The fraction of sp³-hybridized carbons (Fsp3) is 0.250. The average Bonchev–Trinajstić information content (AvgIpc) is 2.74. The van der Waals surface area contributed by atoms with Gasteiger partial charge in [-0.3, -0.25) is 0 Å². The summed E-state index contributed by atoms with van der Waals surface area (Å²) < 4.78 is 11.1. The summed E-state index contributed by atoms with van der Waals surface area (Å²) in [5.74, 6) is 1.53. The number of methoxy groups -OCH3 is 2. The summed E-state index contributed by atoms with van der Waals surface area (Å²) >= 11 is 12.4. The fourth-order valence-corrected chi connectivity index (χ4v) is 4.56. The molecule has 2 atom stereocenters. The van der Waals surface area contributed by atoms with E-state index >= 15 is 0 Å². The maximum absolute atomic E-state index is 6.35. The van der Waals surface area contributed by atoms with Crippen LogP contribution in [0.1, 0.15) is 28.3 Å². The number of hydrogen-bond acceptors (Lipinski definition) is 2. The molecule has 0 bridgehead atoms. The molecular formula is C24H24Cl2NO2+. The van der Waals surface area contributed by atoms with E-state index in [1.807, 2.05) is 24.3 Å². The van der Waals surface area contributed by atoms with Crippen LogP contribution in [0.2, 0.25) is 10.0 Å². The van der Waals surface area contributed by atoms with Crippen molar-refractivity contribution in [1.29, 1.82) is 0 Å². The molecular weight excluding hydrogens is 405 g/mol. The number of quaternary nitrogens is 1. The highest BCUT2D eigenvalue weighted by Crippen LogP contribution is 2.36. The zero-order valence-corrected chi connectivity index (χ0v) is 18.1. The molecule has 3 nitrogen and oxygen atoms in total. The average molecular weight is 429 g/mol. The van der Waals surface area contributed by atoms with Gasteiger partial charge in [0.15, 0.2) is 11.5 Å². The summed E-state index contributed by atoms with van der Waals surface area (Å²) in [5.41, 5.74) is 5.03. The summed E-state index contributed by atoms with van der Waals surface area (Å²) in [5, 5.41) is 1.51. The molecule has 1 N–H and O–H groups in total. The Balaban J connectivity index is 1.79. The lowest BCUT2D eigenvalue weighted by atomic mass is 9.87. The Morgan fingerprint density at radius 2 is 1.62 bits per heavy atom. The van der Waals surface area contributed by atoms with E-state index in [0.29, 0.717) is 0 Å². The van der Waals surface area contributed by atoms with Crippen molar-refractivity contribution < 1.29 is 14.4 Å². The van der Waals surface area contributed by atoms with Crippen LogP contribution in [-0.2, 0) is 13.0 Å². The van der Waals surface area contributed by atoms with Gasteiger partial charge in [0.2, 0.25) is 0 Å². The van der Waals surface area contributed by atoms with Gasteiger partial charge in [-0.2, -0.15) is 0 Å². The molecule has 0 aromatic heterocycles. The van der Waals surface area contributed by atoms with Crippen LogP contribution < -0.4 is 14.4 Å². The van der Waals surface area contributed by atoms with Gasteiger partial charge in [0.05, 0.1) is 20.8 Å². The molecule has 5 heteroatoms. The predicted octanol–water partition coefficient (Wildman–Crippen LogP) is 4.74. The number of hydrogen-bond donors (Lipinski definition) is 1. The zero-order valence-electron chi connectivity index (χ0n) is 16.5. The molecule has 0 spiro atoms. The molecule has 0 radical (unpaired) electrons. The van der Waals surface area contributed by atoms with Crippen LogP contribution in [0.3, 0.4) is 0 Å². The Labute approximate surface area is 181 Å². The van der Waals surface area contributed by atoms with E-state index in [4.69, 9.17) is 32.7 Å². The van der Waals surface area contributed by atoms with E-state index in [2.05, 4.69) is 36.4 Å². The second-order valence-electron chi connectivity index (χ2n) is 7.36. The molecule has 0 amide bonds. The molecule has 3 aromatic carbocycles. The summed E-state index contributed by atoms with van der Waals surface area (Å²) in [7, 11) is 3.36. The SMILES string of the molecule is COc1cc2c(cc1OC)[C@@H](c1cccc(Cl)c1)[NH+](Cc1ccc(Cl)cc1)CC2. The van der Waals surface area contributed by atoms with Gasteiger partial charge in [-0.05, 0) is 42.0 Å². The molecule has 29 heavy (non-hydrogen) atoms. The Morgan fingerprint density at radius 1 is 0.897 bits per heavy atom. The van der Waals surface area contributed by atoms with E-state index in [9.17, 15) is 0 Å². The predicted molar refractivity (Wildman–Crippen MR) is 118 cm³/mol. The van der Waals surface area contributed by atoms with Gasteiger partial charge >= 0.3 is 0 Å². The zero-order chi connectivity index (χ0) is 20.4. The Hall–Kier alpha value is -2.20. The summed E-state index contributed by atoms with van der Waals surface area (Å²) in [4.78, 5) is 1.47. The van der Waals surface area contributed by atoms with Crippen molar-refractivity contribution in [2.75, 3.05) is 20.8 Å². The van der Waals surface area contributed by atoms with Gasteiger partial charge in [-0.1, -0.05) is 47.5 Å². The number of nitrogens with one attached hydrogen (secondary N) is 1. The quantitative estimate of drug-likeness (QED) is 0.633. The highest BCUT2D eigenvalue weighted by Gasteiger charge is 2.34. The Bertz CT molecular complexity index is 1000. The molecule has 0 fully saturated rings. The topological polar surface area (TPSA) is 22.9 Å². The molecule has 1 heterocycles. The smallest absolute Gasteiger partial charge is 0.161 e. The Morgan fingerprint density at radius 3 is 2.31 bits per heavy atom. The molecule has 1 unspecified atom stereocenters. The van der Waals surface area contributed by atoms with Gasteiger partial charge in [0, 0.05) is 33.2 Å². The van der Waals surface area contributed by atoms with Crippen molar-refractivity contribution in [3.05, 3.63) is 93.0 Å². The molecule has 1 aliphatic heterocycles. The maximum atomic E-state index is 6.35. The monoisotopic (exact) mass is 428 g/mol. The number of halogens is 2. The lowest BCUT2D eigenvalue weighted by molar-refractivity contribution is -0.941. The molecule has 0 saturated heterocycles. The third kappa shape index (κ3) is 4.23. The molecule has 0 aliphatic carbocycles. The highest BCUT2D eigenvalue weighted by atomic mass is 35.5. The normalized spacial score (nSPS) is 18.2. The standard InChI is InChI=1S/C24H23Cl2NO2/c1-28-22-13-17-10-11-27(15-16-6-8-19(25)9-7-16)24(21(17)14-23(22)29-2)18-4-3-5-20(26)12-18/h3-9,12-14,24H,10-11,15H2,1-2H3/p+1/t24-/m1/s1. The molecule has 0 saturated carbocycles.